The van der Waals surface area contributed by atoms with E-state index in [9.17, 15) is 5.53 Å². The number of hydrogen-bond acceptors (Lipinski definition) is 5. The summed E-state index contributed by atoms with van der Waals surface area (Å²) in [7, 11) is 1.90. The van der Waals surface area contributed by atoms with Crippen molar-refractivity contribution in [2.45, 2.75) is 12.1 Å². The molecule has 0 spiro atoms. The third-order valence-corrected chi connectivity index (χ3v) is 6.41. The Bertz CT molecular complexity index is 1220. The maximum atomic E-state index is 9.43. The van der Waals surface area contributed by atoms with Crippen molar-refractivity contribution in [3.05, 3.63) is 92.6 Å². The highest BCUT2D eigenvalue weighted by molar-refractivity contribution is 6.30. The molecule has 9 heteroatoms. The van der Waals surface area contributed by atoms with Crippen LogP contribution in [0.15, 0.2) is 54.2 Å². The van der Waals surface area contributed by atoms with Gasteiger partial charge in [0.15, 0.2) is 0 Å². The Morgan fingerprint density at radius 3 is 2.88 bits per heavy atom. The molecule has 2 aliphatic rings. The predicted molar refractivity (Wildman–Crippen MR) is 125 cm³/mol. The molecule has 2 aromatic heterocycles. The molecule has 162 valence electrons. The molecule has 5 rings (SSSR count). The van der Waals surface area contributed by atoms with Crippen LogP contribution in [0, 0.1) is 0 Å². The van der Waals surface area contributed by atoms with Gasteiger partial charge in [0.2, 0.25) is 0 Å². The van der Waals surface area contributed by atoms with E-state index < -0.39 is 6.04 Å². The number of aryl methyl sites for hydroxylation is 1. The van der Waals surface area contributed by atoms with Gasteiger partial charge < -0.3 is 9.88 Å². The van der Waals surface area contributed by atoms with E-state index >= 15 is 0 Å². The minimum absolute atomic E-state index is 0.0208. The molecule has 32 heavy (non-hydrogen) atoms. The zero-order valence-electron chi connectivity index (χ0n) is 17.7. The lowest BCUT2D eigenvalue weighted by Gasteiger charge is -2.36. The van der Waals surface area contributed by atoms with Crippen LogP contribution in [-0.4, -0.2) is 45.6 Å². The predicted octanol–water partition coefficient (Wildman–Crippen LogP) is 4.37. The quantitative estimate of drug-likeness (QED) is 0.365. The van der Waals surface area contributed by atoms with E-state index in [1.807, 2.05) is 36.0 Å². The topological polar surface area (TPSA) is 94.7 Å². The lowest BCUT2D eigenvalue weighted by atomic mass is 9.90. The van der Waals surface area contributed by atoms with Gasteiger partial charge in [-0.25, -0.2) is 4.98 Å². The second-order valence-corrected chi connectivity index (χ2v) is 8.47. The fourth-order valence-electron chi connectivity index (χ4n) is 4.69. The summed E-state index contributed by atoms with van der Waals surface area (Å²) < 4.78 is 1.88. The first-order valence-corrected chi connectivity index (χ1v) is 11.0. The normalized spacial score (nSPS) is 19.2. The van der Waals surface area contributed by atoms with Gasteiger partial charge in [-0.2, -0.15) is 0 Å². The third kappa shape index (κ3) is 3.67. The van der Waals surface area contributed by atoms with Gasteiger partial charge in [0.25, 0.3) is 0 Å². The van der Waals surface area contributed by atoms with Crippen LogP contribution in [-0.2, 0) is 7.05 Å². The zero-order valence-corrected chi connectivity index (χ0v) is 18.4. The van der Waals surface area contributed by atoms with E-state index in [1.165, 1.54) is 0 Å². The Hall–Kier alpha value is -3.16. The van der Waals surface area contributed by atoms with Gasteiger partial charge in [0.05, 0.1) is 23.8 Å². The molecule has 0 bridgehead atoms. The lowest BCUT2D eigenvalue weighted by Crippen LogP contribution is -2.45. The largest absolute Gasteiger partial charge is 0.337 e. The first kappa shape index (κ1) is 20.7. The van der Waals surface area contributed by atoms with Crippen molar-refractivity contribution in [2.75, 3.05) is 26.2 Å². The standard InChI is InChI=1S/C23H23ClN8/c1-31-14-27-13-20(31)22(29-30-25)19-11-15-3-2-6-28-21(15)23(32-9-7-26-8-10-32)17-5-4-16(24)12-18(17)19/h2-6,11-14,22-23,26H,7-10H2,1H3/t22-,23?/m0/s1. The molecule has 1 aliphatic carbocycles. The molecular formula is C23H23ClN8. The number of aromatic nitrogens is 3. The van der Waals surface area contributed by atoms with Gasteiger partial charge in [-0.3, -0.25) is 9.88 Å². The molecule has 1 fully saturated rings. The summed E-state index contributed by atoms with van der Waals surface area (Å²) in [5, 5.41) is 8.27. The summed E-state index contributed by atoms with van der Waals surface area (Å²) >= 11 is 6.49. The van der Waals surface area contributed by atoms with E-state index in [4.69, 9.17) is 16.6 Å². The number of piperazine rings is 1. The minimum atomic E-state index is -0.556. The minimum Gasteiger partial charge on any atom is -0.337 e. The van der Waals surface area contributed by atoms with Crippen LogP contribution < -0.4 is 5.32 Å². The summed E-state index contributed by atoms with van der Waals surface area (Å²) in [6.45, 7) is 3.69. The number of imidazole rings is 1. The fraction of sp³-hybridized carbons (Fsp3) is 0.304. The van der Waals surface area contributed by atoms with Crippen LogP contribution in [0.1, 0.15) is 40.2 Å². The molecule has 0 amide bonds. The van der Waals surface area contributed by atoms with Gasteiger partial charge in [-0.1, -0.05) is 28.8 Å². The average molecular weight is 447 g/mol. The van der Waals surface area contributed by atoms with Gasteiger partial charge in [-0.15, -0.1) is 0 Å². The molecular weight excluding hydrogens is 424 g/mol. The van der Waals surface area contributed by atoms with Crippen LogP contribution in [0.2, 0.25) is 5.02 Å². The Labute approximate surface area is 191 Å². The van der Waals surface area contributed by atoms with Crippen molar-refractivity contribution in [3.8, 4) is 0 Å². The SMILES string of the molecule is Cn1cncc1[C@@H](N=[N+]=[N-])C1=Cc2cccnc2C(N2CCNCC2)c2ccc(Cl)cc21. The third-order valence-electron chi connectivity index (χ3n) is 6.17. The second-order valence-electron chi connectivity index (χ2n) is 8.03. The van der Waals surface area contributed by atoms with E-state index in [0.29, 0.717) is 5.02 Å². The lowest BCUT2D eigenvalue weighted by molar-refractivity contribution is 0.195. The maximum absolute atomic E-state index is 9.43. The highest BCUT2D eigenvalue weighted by Crippen LogP contribution is 2.45. The van der Waals surface area contributed by atoms with Gasteiger partial charge in [0, 0.05) is 55.6 Å². The molecule has 0 radical (unpaired) electrons. The number of hydrogen-bond donors (Lipinski definition) is 1. The zero-order chi connectivity index (χ0) is 22.1. The Kier molecular flexibility index (Phi) is 5.68. The molecule has 1 aromatic carbocycles. The molecule has 8 nitrogen and oxygen atoms in total. The smallest absolute Gasteiger partial charge is 0.105 e. The number of benzene rings is 1. The second kappa shape index (κ2) is 8.76. The fourth-order valence-corrected chi connectivity index (χ4v) is 4.86. The maximum Gasteiger partial charge on any atom is 0.105 e. The van der Waals surface area contributed by atoms with E-state index in [0.717, 1.165) is 59.8 Å². The Morgan fingerprint density at radius 1 is 1.28 bits per heavy atom. The first-order chi connectivity index (χ1) is 15.7. The van der Waals surface area contributed by atoms with E-state index in [1.54, 1.807) is 12.5 Å². The summed E-state index contributed by atoms with van der Waals surface area (Å²) in [5.74, 6) is 0. The number of azide groups is 1. The highest BCUT2D eigenvalue weighted by atomic mass is 35.5. The van der Waals surface area contributed by atoms with Gasteiger partial charge in [-0.05, 0) is 52.1 Å². The van der Waals surface area contributed by atoms with Crippen LogP contribution >= 0.6 is 11.6 Å². The molecule has 1 aliphatic heterocycles. The van der Waals surface area contributed by atoms with Crippen LogP contribution in [0.4, 0.5) is 0 Å². The molecule has 1 unspecified atom stereocenters. The van der Waals surface area contributed by atoms with Crippen molar-refractivity contribution in [2.24, 2.45) is 12.2 Å². The number of halogens is 1. The molecule has 1 N–H and O–H groups in total. The number of nitrogens with one attached hydrogen (secondary N) is 1. The molecule has 3 heterocycles. The van der Waals surface area contributed by atoms with E-state index in [2.05, 4.69) is 43.4 Å². The summed E-state index contributed by atoms with van der Waals surface area (Å²) in [6, 6.07) is 9.41. The average Bonchev–Trinajstić information content (AvgIpc) is 3.18. The van der Waals surface area contributed by atoms with E-state index in [-0.39, 0.29) is 6.04 Å². The molecule has 3 aromatic rings. The van der Waals surface area contributed by atoms with Crippen LogP contribution in [0.3, 0.4) is 0 Å². The van der Waals surface area contributed by atoms with Crippen molar-refractivity contribution in [1.82, 2.24) is 24.8 Å². The summed E-state index contributed by atoms with van der Waals surface area (Å²) in [5.41, 5.74) is 15.2. The van der Waals surface area contributed by atoms with Crippen molar-refractivity contribution >= 4 is 23.3 Å². The van der Waals surface area contributed by atoms with Crippen LogP contribution in [0.5, 0.6) is 0 Å². The summed E-state index contributed by atoms with van der Waals surface area (Å²) in [6.07, 6.45) is 7.39. The molecule has 0 saturated carbocycles. The molecule has 1 saturated heterocycles. The van der Waals surface area contributed by atoms with Gasteiger partial charge >= 0.3 is 0 Å². The monoisotopic (exact) mass is 446 g/mol. The molecule has 2 atom stereocenters. The van der Waals surface area contributed by atoms with Crippen LogP contribution in [0.25, 0.3) is 22.1 Å². The number of rotatable bonds is 4. The number of fused-ring (bicyclic) bond motifs is 2. The summed E-state index contributed by atoms with van der Waals surface area (Å²) in [4.78, 5) is 14.7. The van der Waals surface area contributed by atoms with Crippen molar-refractivity contribution in [3.63, 3.8) is 0 Å². The van der Waals surface area contributed by atoms with Gasteiger partial charge in [0.1, 0.15) is 6.04 Å². The number of pyridine rings is 1. The van der Waals surface area contributed by atoms with Crippen molar-refractivity contribution in [1.29, 1.82) is 0 Å². The highest BCUT2D eigenvalue weighted by Gasteiger charge is 2.33. The van der Waals surface area contributed by atoms with Crippen molar-refractivity contribution < 1.29 is 0 Å². The number of nitrogens with zero attached hydrogens (tertiary/aromatic N) is 7. The Balaban J connectivity index is 1.78. The Morgan fingerprint density at radius 2 is 2.12 bits per heavy atom. The first-order valence-electron chi connectivity index (χ1n) is 10.6.